The Morgan fingerprint density at radius 1 is 1.33 bits per heavy atom. The molecule has 0 saturated carbocycles. The van der Waals surface area contributed by atoms with E-state index in [2.05, 4.69) is 28.9 Å². The van der Waals surface area contributed by atoms with Crippen molar-refractivity contribution in [1.29, 1.82) is 0 Å². The Morgan fingerprint density at radius 3 is 3.13 bits per heavy atom. The minimum atomic E-state index is 0.762. The molecule has 2 aliphatic rings. The predicted octanol–water partition coefficient (Wildman–Crippen LogP) is 1.96. The minimum Gasteiger partial charge on any atom is -0.313 e. The maximum absolute atomic E-state index is 3.70. The molecule has 0 aromatic heterocycles. The molecule has 0 amide bonds. The van der Waals surface area contributed by atoms with E-state index in [1.54, 1.807) is 0 Å². The number of rotatable bonds is 2. The zero-order valence-corrected chi connectivity index (χ0v) is 10.7. The van der Waals surface area contributed by atoms with Gasteiger partial charge in [-0.3, -0.25) is 4.90 Å². The summed E-state index contributed by atoms with van der Waals surface area (Å²) in [6.07, 6.45) is 5.61. The average molecular weight is 228 g/mol. The highest BCUT2D eigenvalue weighted by Crippen LogP contribution is 2.18. The molecule has 0 spiro atoms. The van der Waals surface area contributed by atoms with Crippen molar-refractivity contribution in [3.63, 3.8) is 0 Å². The standard InChI is InChI=1S/C12H24N2S/c1-11-10-15-8-7-14(11)9-12-5-3-2-4-6-13-12/h11-13H,2-10H2,1H3. The third-order valence-corrected chi connectivity index (χ3v) is 4.81. The van der Waals surface area contributed by atoms with Crippen LogP contribution in [0.4, 0.5) is 0 Å². The molecule has 1 N–H and O–H groups in total. The smallest absolute Gasteiger partial charge is 0.0195 e. The van der Waals surface area contributed by atoms with Gasteiger partial charge in [0.1, 0.15) is 0 Å². The maximum atomic E-state index is 3.70. The van der Waals surface area contributed by atoms with Crippen molar-refractivity contribution in [2.45, 2.75) is 44.7 Å². The minimum absolute atomic E-state index is 0.762. The molecule has 0 aromatic rings. The first kappa shape index (κ1) is 11.7. The first-order valence-electron chi connectivity index (χ1n) is 6.41. The molecular weight excluding hydrogens is 204 g/mol. The average Bonchev–Trinajstić information content (AvgIpc) is 2.50. The van der Waals surface area contributed by atoms with Crippen LogP contribution in [0.15, 0.2) is 0 Å². The van der Waals surface area contributed by atoms with Crippen LogP contribution in [-0.4, -0.2) is 48.1 Å². The summed E-state index contributed by atoms with van der Waals surface area (Å²) >= 11 is 2.11. The highest BCUT2D eigenvalue weighted by molar-refractivity contribution is 7.99. The molecule has 2 saturated heterocycles. The zero-order valence-electron chi connectivity index (χ0n) is 9.87. The molecule has 15 heavy (non-hydrogen) atoms. The van der Waals surface area contributed by atoms with E-state index >= 15 is 0 Å². The second kappa shape index (κ2) is 6.12. The van der Waals surface area contributed by atoms with Crippen LogP contribution in [0, 0.1) is 0 Å². The van der Waals surface area contributed by atoms with Gasteiger partial charge < -0.3 is 5.32 Å². The van der Waals surface area contributed by atoms with Crippen molar-refractivity contribution in [3.05, 3.63) is 0 Å². The quantitative estimate of drug-likeness (QED) is 0.778. The van der Waals surface area contributed by atoms with Crippen molar-refractivity contribution >= 4 is 11.8 Å². The fourth-order valence-corrected chi connectivity index (χ4v) is 3.65. The van der Waals surface area contributed by atoms with E-state index in [4.69, 9.17) is 0 Å². The van der Waals surface area contributed by atoms with E-state index in [1.807, 2.05) is 0 Å². The second-order valence-electron chi connectivity index (χ2n) is 4.92. The molecule has 88 valence electrons. The van der Waals surface area contributed by atoms with Gasteiger partial charge in [0.05, 0.1) is 0 Å². The summed E-state index contributed by atoms with van der Waals surface area (Å²) in [7, 11) is 0. The van der Waals surface area contributed by atoms with Gasteiger partial charge in [-0.15, -0.1) is 0 Å². The lowest BCUT2D eigenvalue weighted by atomic mass is 10.1. The van der Waals surface area contributed by atoms with Crippen LogP contribution < -0.4 is 5.32 Å². The predicted molar refractivity (Wildman–Crippen MR) is 68.6 cm³/mol. The van der Waals surface area contributed by atoms with Crippen molar-refractivity contribution in [2.24, 2.45) is 0 Å². The molecule has 0 aromatic carbocycles. The van der Waals surface area contributed by atoms with Crippen molar-refractivity contribution in [2.75, 3.05) is 31.1 Å². The fourth-order valence-electron chi connectivity index (χ4n) is 2.57. The molecule has 2 aliphatic heterocycles. The Morgan fingerprint density at radius 2 is 2.27 bits per heavy atom. The normalized spacial score (nSPS) is 35.0. The van der Waals surface area contributed by atoms with Crippen molar-refractivity contribution in [1.82, 2.24) is 10.2 Å². The molecule has 0 aliphatic carbocycles. The van der Waals surface area contributed by atoms with Crippen molar-refractivity contribution < 1.29 is 0 Å². The van der Waals surface area contributed by atoms with Crippen LogP contribution in [0.3, 0.4) is 0 Å². The van der Waals surface area contributed by atoms with Crippen LogP contribution in [-0.2, 0) is 0 Å². The first-order valence-corrected chi connectivity index (χ1v) is 7.57. The Labute approximate surface area is 98.2 Å². The number of thioether (sulfide) groups is 1. The second-order valence-corrected chi connectivity index (χ2v) is 6.07. The van der Waals surface area contributed by atoms with Gasteiger partial charge in [-0.1, -0.05) is 12.8 Å². The SMILES string of the molecule is CC1CSCCN1CC1CCCCCN1. The van der Waals surface area contributed by atoms with Crippen LogP contribution in [0.5, 0.6) is 0 Å². The van der Waals surface area contributed by atoms with Gasteiger partial charge in [0.25, 0.3) is 0 Å². The number of hydrogen-bond donors (Lipinski definition) is 1. The lowest BCUT2D eigenvalue weighted by Crippen LogP contribution is -2.48. The monoisotopic (exact) mass is 228 g/mol. The molecule has 2 unspecified atom stereocenters. The summed E-state index contributed by atoms with van der Waals surface area (Å²) in [5.74, 6) is 2.66. The highest BCUT2D eigenvalue weighted by atomic mass is 32.2. The Kier molecular flexibility index (Phi) is 4.79. The van der Waals surface area contributed by atoms with E-state index in [1.165, 1.54) is 56.8 Å². The first-order chi connectivity index (χ1) is 7.36. The molecule has 0 radical (unpaired) electrons. The van der Waals surface area contributed by atoms with Crippen LogP contribution in [0.1, 0.15) is 32.6 Å². The third kappa shape index (κ3) is 3.65. The molecule has 0 bridgehead atoms. The van der Waals surface area contributed by atoms with Crippen LogP contribution in [0.2, 0.25) is 0 Å². The molecule has 2 atom stereocenters. The Hall–Kier alpha value is 0.270. The van der Waals surface area contributed by atoms with Gasteiger partial charge in [0.2, 0.25) is 0 Å². The summed E-state index contributed by atoms with van der Waals surface area (Å²) in [5.41, 5.74) is 0. The van der Waals surface area contributed by atoms with E-state index in [-0.39, 0.29) is 0 Å². The Balaban J connectivity index is 1.78. The summed E-state index contributed by atoms with van der Waals surface area (Å²) in [5, 5.41) is 3.70. The number of nitrogens with zero attached hydrogens (tertiary/aromatic N) is 1. The van der Waals surface area contributed by atoms with Crippen LogP contribution in [0.25, 0.3) is 0 Å². The van der Waals surface area contributed by atoms with Gasteiger partial charge in [0, 0.05) is 36.7 Å². The lowest BCUT2D eigenvalue weighted by molar-refractivity contribution is 0.204. The third-order valence-electron chi connectivity index (χ3n) is 3.62. The lowest BCUT2D eigenvalue weighted by Gasteiger charge is -2.35. The molecule has 2 heterocycles. The molecular formula is C12H24N2S. The van der Waals surface area contributed by atoms with Crippen LogP contribution >= 0.6 is 11.8 Å². The van der Waals surface area contributed by atoms with E-state index in [0.717, 1.165) is 12.1 Å². The van der Waals surface area contributed by atoms with Crippen molar-refractivity contribution in [3.8, 4) is 0 Å². The zero-order chi connectivity index (χ0) is 10.5. The molecule has 2 nitrogen and oxygen atoms in total. The van der Waals surface area contributed by atoms with Gasteiger partial charge in [0.15, 0.2) is 0 Å². The summed E-state index contributed by atoms with van der Waals surface area (Å²) < 4.78 is 0. The molecule has 2 rings (SSSR count). The van der Waals surface area contributed by atoms with Gasteiger partial charge >= 0.3 is 0 Å². The van der Waals surface area contributed by atoms with Gasteiger partial charge in [-0.2, -0.15) is 11.8 Å². The van der Waals surface area contributed by atoms with E-state index in [9.17, 15) is 0 Å². The summed E-state index contributed by atoms with van der Waals surface area (Å²) in [4.78, 5) is 2.68. The summed E-state index contributed by atoms with van der Waals surface area (Å²) in [6.45, 7) is 6.19. The highest BCUT2D eigenvalue weighted by Gasteiger charge is 2.22. The molecule has 3 heteroatoms. The molecule has 2 fully saturated rings. The van der Waals surface area contributed by atoms with E-state index in [0.29, 0.717) is 0 Å². The number of hydrogen-bond acceptors (Lipinski definition) is 3. The van der Waals surface area contributed by atoms with Gasteiger partial charge in [-0.25, -0.2) is 0 Å². The Bertz CT molecular complexity index is 178. The maximum Gasteiger partial charge on any atom is 0.0195 e. The van der Waals surface area contributed by atoms with E-state index < -0.39 is 0 Å². The van der Waals surface area contributed by atoms with Gasteiger partial charge in [-0.05, 0) is 26.3 Å². The largest absolute Gasteiger partial charge is 0.313 e. The summed E-state index contributed by atoms with van der Waals surface area (Å²) in [6, 6.07) is 1.55. The fraction of sp³-hybridized carbons (Fsp3) is 1.00. The number of nitrogens with one attached hydrogen (secondary N) is 1. The topological polar surface area (TPSA) is 15.3 Å².